The average molecular weight is 194 g/mol. The van der Waals surface area contributed by atoms with Gasteiger partial charge in [-0.2, -0.15) is 4.39 Å². The molecule has 1 amide bonds. The fraction of sp³-hybridized carbons (Fsp3) is 0.400. The van der Waals surface area contributed by atoms with Gasteiger partial charge in [0.1, 0.15) is 0 Å². The summed E-state index contributed by atoms with van der Waals surface area (Å²) in [6.45, 7) is 0.718. The van der Waals surface area contributed by atoms with E-state index in [-0.39, 0.29) is 5.91 Å². The number of hydrogen-bond acceptors (Lipinski definition) is 2. The van der Waals surface area contributed by atoms with E-state index in [4.69, 9.17) is 0 Å². The zero-order valence-electron chi connectivity index (χ0n) is 7.66. The van der Waals surface area contributed by atoms with Gasteiger partial charge in [0.25, 0.3) is 5.91 Å². The van der Waals surface area contributed by atoms with Crippen LogP contribution in [0.25, 0.3) is 0 Å². The minimum Gasteiger partial charge on any atom is -0.352 e. The number of carbonyl (C=O) groups is 1. The van der Waals surface area contributed by atoms with Crippen LogP contribution < -0.4 is 5.32 Å². The Morgan fingerprint density at radius 3 is 2.93 bits per heavy atom. The third-order valence-electron chi connectivity index (χ3n) is 2.24. The van der Waals surface area contributed by atoms with Crippen molar-refractivity contribution in [2.45, 2.75) is 12.8 Å². The summed E-state index contributed by atoms with van der Waals surface area (Å²) >= 11 is 0. The van der Waals surface area contributed by atoms with Gasteiger partial charge in [0.05, 0.1) is 5.56 Å². The molecule has 1 heterocycles. The number of amides is 1. The van der Waals surface area contributed by atoms with Crippen LogP contribution in [-0.2, 0) is 0 Å². The highest BCUT2D eigenvalue weighted by atomic mass is 19.1. The van der Waals surface area contributed by atoms with Crippen molar-refractivity contribution < 1.29 is 9.18 Å². The lowest BCUT2D eigenvalue weighted by Gasteiger charge is -2.02. The summed E-state index contributed by atoms with van der Waals surface area (Å²) in [7, 11) is 0. The van der Waals surface area contributed by atoms with Crippen molar-refractivity contribution in [2.24, 2.45) is 5.92 Å². The van der Waals surface area contributed by atoms with Crippen molar-refractivity contribution in [2.75, 3.05) is 6.54 Å². The fourth-order valence-corrected chi connectivity index (χ4v) is 1.17. The van der Waals surface area contributed by atoms with E-state index in [2.05, 4.69) is 10.3 Å². The van der Waals surface area contributed by atoms with E-state index < -0.39 is 5.95 Å². The largest absolute Gasteiger partial charge is 0.352 e. The summed E-state index contributed by atoms with van der Waals surface area (Å²) in [6, 6.07) is 2.62. The molecule has 2 rings (SSSR count). The van der Waals surface area contributed by atoms with E-state index in [1.54, 1.807) is 0 Å². The Bertz CT molecular complexity index is 332. The van der Waals surface area contributed by atoms with Crippen molar-refractivity contribution in [3.05, 3.63) is 29.8 Å². The van der Waals surface area contributed by atoms with Crippen LogP contribution in [0.4, 0.5) is 4.39 Å². The molecule has 0 bridgehead atoms. The topological polar surface area (TPSA) is 42.0 Å². The monoisotopic (exact) mass is 194 g/mol. The zero-order chi connectivity index (χ0) is 9.97. The molecule has 1 aromatic rings. The molecule has 0 atom stereocenters. The highest BCUT2D eigenvalue weighted by molar-refractivity contribution is 5.93. The molecule has 0 aromatic carbocycles. The third kappa shape index (κ3) is 2.28. The normalized spacial score (nSPS) is 15.2. The minimum absolute atomic E-state index is 0.176. The summed E-state index contributed by atoms with van der Waals surface area (Å²) < 4.78 is 12.4. The van der Waals surface area contributed by atoms with Crippen LogP contribution in [0, 0.1) is 11.9 Å². The highest BCUT2D eigenvalue weighted by Crippen LogP contribution is 2.27. The Morgan fingerprint density at radius 1 is 1.57 bits per heavy atom. The maximum Gasteiger partial charge on any atom is 0.252 e. The van der Waals surface area contributed by atoms with Gasteiger partial charge < -0.3 is 5.32 Å². The quantitative estimate of drug-likeness (QED) is 0.738. The molecule has 3 nitrogen and oxygen atoms in total. The molecular formula is C10H11FN2O. The first kappa shape index (κ1) is 9.12. The summed E-state index contributed by atoms with van der Waals surface area (Å²) in [5, 5.41) is 2.78. The number of carbonyl (C=O) groups excluding carboxylic acids is 1. The molecule has 1 fully saturated rings. The molecule has 4 heteroatoms. The van der Waals surface area contributed by atoms with Crippen molar-refractivity contribution in [1.29, 1.82) is 0 Å². The molecule has 0 unspecified atom stereocenters. The maximum atomic E-state index is 12.4. The van der Waals surface area contributed by atoms with Crippen LogP contribution in [0.3, 0.4) is 0 Å². The molecule has 0 spiro atoms. The fourth-order valence-electron chi connectivity index (χ4n) is 1.17. The molecule has 74 valence electrons. The van der Waals surface area contributed by atoms with Gasteiger partial charge in [-0.05, 0) is 30.9 Å². The molecule has 0 aliphatic heterocycles. The number of hydrogen-bond donors (Lipinski definition) is 1. The SMILES string of the molecule is O=C(NCC1CC1)c1ccc(F)nc1. The van der Waals surface area contributed by atoms with Gasteiger partial charge in [-0.25, -0.2) is 4.98 Å². The van der Waals surface area contributed by atoms with Crippen LogP contribution in [0.5, 0.6) is 0 Å². The summed E-state index contributed by atoms with van der Waals surface area (Å²) in [4.78, 5) is 14.8. The standard InChI is InChI=1S/C10H11FN2O/c11-9-4-3-8(6-12-9)10(14)13-5-7-1-2-7/h3-4,6-7H,1-2,5H2,(H,13,14). The number of nitrogens with zero attached hydrogens (tertiary/aromatic N) is 1. The van der Waals surface area contributed by atoms with Gasteiger partial charge in [0, 0.05) is 12.7 Å². The van der Waals surface area contributed by atoms with E-state index in [9.17, 15) is 9.18 Å². The minimum atomic E-state index is -0.566. The van der Waals surface area contributed by atoms with Gasteiger partial charge >= 0.3 is 0 Å². The van der Waals surface area contributed by atoms with E-state index in [1.807, 2.05) is 0 Å². The van der Waals surface area contributed by atoms with E-state index in [0.29, 0.717) is 11.5 Å². The van der Waals surface area contributed by atoms with Crippen molar-refractivity contribution >= 4 is 5.91 Å². The predicted molar refractivity (Wildman–Crippen MR) is 49.3 cm³/mol. The first-order valence-electron chi connectivity index (χ1n) is 4.65. The summed E-state index contributed by atoms with van der Waals surface area (Å²) in [5.41, 5.74) is 0.409. The first-order chi connectivity index (χ1) is 6.75. The molecule has 14 heavy (non-hydrogen) atoms. The van der Waals surface area contributed by atoms with Crippen LogP contribution in [0.2, 0.25) is 0 Å². The Balaban J connectivity index is 1.92. The van der Waals surface area contributed by atoms with Crippen LogP contribution >= 0.6 is 0 Å². The van der Waals surface area contributed by atoms with Gasteiger partial charge in [0.15, 0.2) is 0 Å². The number of aromatic nitrogens is 1. The number of rotatable bonds is 3. The molecule has 0 saturated heterocycles. The van der Waals surface area contributed by atoms with E-state index >= 15 is 0 Å². The Hall–Kier alpha value is -1.45. The van der Waals surface area contributed by atoms with Gasteiger partial charge in [-0.15, -0.1) is 0 Å². The Morgan fingerprint density at radius 2 is 2.36 bits per heavy atom. The second-order valence-electron chi connectivity index (χ2n) is 3.52. The maximum absolute atomic E-state index is 12.4. The Labute approximate surface area is 81.3 Å². The van der Waals surface area contributed by atoms with Crippen LogP contribution in [0.15, 0.2) is 18.3 Å². The second-order valence-corrected chi connectivity index (χ2v) is 3.52. The molecule has 1 aromatic heterocycles. The number of halogens is 1. The lowest BCUT2D eigenvalue weighted by atomic mass is 10.2. The highest BCUT2D eigenvalue weighted by Gasteiger charge is 2.21. The number of nitrogens with one attached hydrogen (secondary N) is 1. The smallest absolute Gasteiger partial charge is 0.252 e. The number of pyridine rings is 1. The molecule has 1 aliphatic rings. The lowest BCUT2D eigenvalue weighted by Crippen LogP contribution is -2.25. The lowest BCUT2D eigenvalue weighted by molar-refractivity contribution is 0.0951. The van der Waals surface area contributed by atoms with Crippen LogP contribution in [-0.4, -0.2) is 17.4 Å². The molecular weight excluding hydrogens is 183 g/mol. The molecule has 1 N–H and O–H groups in total. The first-order valence-corrected chi connectivity index (χ1v) is 4.65. The summed E-state index contributed by atoms with van der Waals surface area (Å²) in [6.07, 6.45) is 3.64. The summed E-state index contributed by atoms with van der Waals surface area (Å²) in [5.74, 6) is -0.0968. The molecule has 1 saturated carbocycles. The van der Waals surface area contributed by atoms with E-state index in [1.165, 1.54) is 31.2 Å². The zero-order valence-corrected chi connectivity index (χ0v) is 7.66. The van der Waals surface area contributed by atoms with Gasteiger partial charge in [0.2, 0.25) is 5.95 Å². The van der Waals surface area contributed by atoms with E-state index in [0.717, 1.165) is 6.54 Å². The third-order valence-corrected chi connectivity index (χ3v) is 2.24. The molecule has 1 aliphatic carbocycles. The van der Waals surface area contributed by atoms with Crippen molar-refractivity contribution in [3.63, 3.8) is 0 Å². The molecule has 0 radical (unpaired) electrons. The van der Waals surface area contributed by atoms with Gasteiger partial charge in [-0.3, -0.25) is 4.79 Å². The van der Waals surface area contributed by atoms with Crippen molar-refractivity contribution in [3.8, 4) is 0 Å². The predicted octanol–water partition coefficient (Wildman–Crippen LogP) is 1.36. The Kier molecular flexibility index (Phi) is 2.43. The van der Waals surface area contributed by atoms with Crippen LogP contribution in [0.1, 0.15) is 23.2 Å². The second kappa shape index (κ2) is 3.74. The average Bonchev–Trinajstić information content (AvgIpc) is 2.99. The van der Waals surface area contributed by atoms with Crippen molar-refractivity contribution in [1.82, 2.24) is 10.3 Å². The van der Waals surface area contributed by atoms with Gasteiger partial charge in [-0.1, -0.05) is 0 Å².